The summed E-state index contributed by atoms with van der Waals surface area (Å²) in [5.74, 6) is -0.700. The number of hydrogen-bond donors (Lipinski definition) is 2. The van der Waals surface area contributed by atoms with Crippen LogP contribution in [0.4, 0.5) is 5.69 Å². The normalized spacial score (nSPS) is 10.5. The molecule has 0 saturated carbocycles. The van der Waals surface area contributed by atoms with E-state index >= 15 is 0 Å². The van der Waals surface area contributed by atoms with E-state index in [9.17, 15) is 9.59 Å². The van der Waals surface area contributed by atoms with Gasteiger partial charge in [-0.05, 0) is 44.2 Å². The van der Waals surface area contributed by atoms with E-state index in [2.05, 4.69) is 15.6 Å². The Morgan fingerprint density at radius 1 is 1.04 bits per heavy atom. The van der Waals surface area contributed by atoms with Crippen molar-refractivity contribution in [2.24, 2.45) is 0 Å². The zero-order valence-corrected chi connectivity index (χ0v) is 14.1. The number of halogens is 2. The van der Waals surface area contributed by atoms with Gasteiger partial charge in [0.25, 0.3) is 11.8 Å². The van der Waals surface area contributed by atoms with Crippen LogP contribution in [0.3, 0.4) is 0 Å². The number of nitrogens with zero attached hydrogens (tertiary/aromatic N) is 1. The lowest BCUT2D eigenvalue weighted by Crippen LogP contribution is -2.31. The molecule has 1 aromatic carbocycles. The van der Waals surface area contributed by atoms with E-state index in [1.165, 1.54) is 18.3 Å². The first-order valence-electron chi connectivity index (χ1n) is 6.90. The third-order valence-corrected chi connectivity index (χ3v) is 3.59. The fraction of sp³-hybridized carbons (Fsp3) is 0.188. The monoisotopic (exact) mass is 351 g/mol. The summed E-state index contributed by atoms with van der Waals surface area (Å²) >= 11 is 11.7. The Bertz CT molecular complexity index is 748. The molecule has 0 bridgehead atoms. The summed E-state index contributed by atoms with van der Waals surface area (Å²) in [7, 11) is 0. The van der Waals surface area contributed by atoms with E-state index in [-0.39, 0.29) is 23.6 Å². The van der Waals surface area contributed by atoms with Crippen LogP contribution in [-0.4, -0.2) is 22.8 Å². The van der Waals surface area contributed by atoms with Crippen molar-refractivity contribution in [1.82, 2.24) is 10.3 Å². The van der Waals surface area contributed by atoms with Crippen LogP contribution < -0.4 is 10.6 Å². The molecule has 0 radical (unpaired) electrons. The summed E-state index contributed by atoms with van der Waals surface area (Å²) in [6.45, 7) is 3.69. The van der Waals surface area contributed by atoms with Gasteiger partial charge < -0.3 is 10.6 Å². The molecule has 2 aromatic rings. The largest absolute Gasteiger partial charge is 0.349 e. The summed E-state index contributed by atoms with van der Waals surface area (Å²) in [6.07, 6.45) is 1.42. The van der Waals surface area contributed by atoms with Crippen LogP contribution in [0.15, 0.2) is 36.5 Å². The lowest BCUT2D eigenvalue weighted by molar-refractivity contribution is 0.0938. The standard InChI is InChI=1S/C16H15Cl2N3O2/c1-9(2)20-16(23)14-7-10(5-6-19-14)15(22)21-11-3-4-12(17)13(18)8-11/h3-9H,1-2H3,(H,20,23)(H,21,22). The van der Waals surface area contributed by atoms with Crippen molar-refractivity contribution in [3.05, 3.63) is 57.8 Å². The zero-order chi connectivity index (χ0) is 17.0. The Morgan fingerprint density at radius 2 is 1.78 bits per heavy atom. The smallest absolute Gasteiger partial charge is 0.270 e. The maximum absolute atomic E-state index is 12.3. The second kappa shape index (κ2) is 7.44. The Morgan fingerprint density at radius 3 is 2.43 bits per heavy atom. The quantitative estimate of drug-likeness (QED) is 0.880. The first-order chi connectivity index (χ1) is 10.9. The average Bonchev–Trinajstić information content (AvgIpc) is 2.50. The first-order valence-corrected chi connectivity index (χ1v) is 7.65. The lowest BCUT2D eigenvalue weighted by atomic mass is 10.2. The van der Waals surface area contributed by atoms with Crippen molar-refractivity contribution in [2.45, 2.75) is 19.9 Å². The minimum Gasteiger partial charge on any atom is -0.349 e. The third kappa shape index (κ3) is 4.68. The van der Waals surface area contributed by atoms with Gasteiger partial charge >= 0.3 is 0 Å². The predicted octanol–water partition coefficient (Wildman–Crippen LogP) is 3.78. The number of hydrogen-bond acceptors (Lipinski definition) is 3. The molecule has 23 heavy (non-hydrogen) atoms. The van der Waals surface area contributed by atoms with Gasteiger partial charge in [0.1, 0.15) is 5.69 Å². The molecular weight excluding hydrogens is 337 g/mol. The number of anilines is 1. The maximum atomic E-state index is 12.3. The average molecular weight is 352 g/mol. The maximum Gasteiger partial charge on any atom is 0.270 e. The van der Waals surface area contributed by atoms with Gasteiger partial charge in [-0.2, -0.15) is 0 Å². The molecule has 5 nitrogen and oxygen atoms in total. The van der Waals surface area contributed by atoms with Crippen LogP contribution in [0.25, 0.3) is 0 Å². The molecule has 0 aliphatic heterocycles. The van der Waals surface area contributed by atoms with Crippen molar-refractivity contribution in [1.29, 1.82) is 0 Å². The second-order valence-corrected chi connectivity index (χ2v) is 5.96. The van der Waals surface area contributed by atoms with E-state index in [4.69, 9.17) is 23.2 Å². The van der Waals surface area contributed by atoms with Gasteiger partial charge in [0.15, 0.2) is 0 Å². The van der Waals surface area contributed by atoms with E-state index in [0.29, 0.717) is 21.3 Å². The summed E-state index contributed by atoms with van der Waals surface area (Å²) in [4.78, 5) is 28.2. The number of aromatic nitrogens is 1. The molecule has 2 amide bonds. The number of nitrogens with one attached hydrogen (secondary N) is 2. The predicted molar refractivity (Wildman–Crippen MR) is 91.3 cm³/mol. The second-order valence-electron chi connectivity index (χ2n) is 5.14. The van der Waals surface area contributed by atoms with Gasteiger partial charge in [-0.25, -0.2) is 0 Å². The summed E-state index contributed by atoms with van der Waals surface area (Å²) in [5.41, 5.74) is 1.01. The molecule has 0 aliphatic carbocycles. The fourth-order valence-electron chi connectivity index (χ4n) is 1.81. The van der Waals surface area contributed by atoms with E-state index in [1.807, 2.05) is 13.8 Å². The van der Waals surface area contributed by atoms with Crippen LogP contribution in [0.5, 0.6) is 0 Å². The first kappa shape index (κ1) is 17.2. The highest BCUT2D eigenvalue weighted by molar-refractivity contribution is 6.42. The minimum absolute atomic E-state index is 0.0157. The van der Waals surface area contributed by atoms with Crippen LogP contribution >= 0.6 is 23.2 Å². The van der Waals surface area contributed by atoms with Gasteiger partial charge in [-0.1, -0.05) is 23.2 Å². The molecule has 2 rings (SSSR count). The van der Waals surface area contributed by atoms with Crippen LogP contribution in [0.1, 0.15) is 34.7 Å². The Balaban J connectivity index is 2.16. The van der Waals surface area contributed by atoms with Gasteiger partial charge in [-0.3, -0.25) is 14.6 Å². The SMILES string of the molecule is CC(C)NC(=O)c1cc(C(=O)Nc2ccc(Cl)c(Cl)c2)ccn1. The van der Waals surface area contributed by atoms with Crippen molar-refractivity contribution in [2.75, 3.05) is 5.32 Å². The van der Waals surface area contributed by atoms with E-state index in [1.54, 1.807) is 18.2 Å². The summed E-state index contributed by atoms with van der Waals surface area (Å²) in [5, 5.41) is 6.16. The highest BCUT2D eigenvalue weighted by Gasteiger charge is 2.13. The molecule has 0 saturated heterocycles. The van der Waals surface area contributed by atoms with E-state index < -0.39 is 0 Å². The molecule has 0 fully saturated rings. The molecule has 120 valence electrons. The molecule has 7 heteroatoms. The molecular formula is C16H15Cl2N3O2. The van der Waals surface area contributed by atoms with Crippen LogP contribution in [0.2, 0.25) is 10.0 Å². The third-order valence-electron chi connectivity index (χ3n) is 2.85. The van der Waals surface area contributed by atoms with E-state index in [0.717, 1.165) is 0 Å². The van der Waals surface area contributed by atoms with Crippen molar-refractivity contribution >= 4 is 40.7 Å². The van der Waals surface area contributed by atoms with Crippen LogP contribution in [0, 0.1) is 0 Å². The van der Waals surface area contributed by atoms with Gasteiger partial charge in [0, 0.05) is 23.5 Å². The Labute approximate surface area is 144 Å². The van der Waals surface area contributed by atoms with Gasteiger partial charge in [0.05, 0.1) is 10.0 Å². The highest BCUT2D eigenvalue weighted by atomic mass is 35.5. The number of carbonyl (C=O) groups is 2. The lowest BCUT2D eigenvalue weighted by Gasteiger charge is -2.09. The number of benzene rings is 1. The van der Waals surface area contributed by atoms with Crippen molar-refractivity contribution in [3.63, 3.8) is 0 Å². The molecule has 1 aromatic heterocycles. The summed E-state index contributed by atoms with van der Waals surface area (Å²) < 4.78 is 0. The van der Waals surface area contributed by atoms with Gasteiger partial charge in [0.2, 0.25) is 0 Å². The molecule has 0 atom stereocenters. The van der Waals surface area contributed by atoms with Gasteiger partial charge in [-0.15, -0.1) is 0 Å². The summed E-state index contributed by atoms with van der Waals surface area (Å²) in [6, 6.07) is 7.73. The fourth-order valence-corrected chi connectivity index (χ4v) is 2.11. The molecule has 0 spiro atoms. The number of amides is 2. The number of pyridine rings is 1. The Hall–Kier alpha value is -2.11. The highest BCUT2D eigenvalue weighted by Crippen LogP contribution is 2.25. The molecule has 0 unspecified atom stereocenters. The van der Waals surface area contributed by atoms with Crippen molar-refractivity contribution < 1.29 is 9.59 Å². The topological polar surface area (TPSA) is 71.1 Å². The number of rotatable bonds is 4. The number of carbonyl (C=O) groups excluding carboxylic acids is 2. The minimum atomic E-state index is -0.371. The molecule has 2 N–H and O–H groups in total. The zero-order valence-electron chi connectivity index (χ0n) is 12.6. The molecule has 0 aliphatic rings. The van der Waals surface area contributed by atoms with Crippen LogP contribution in [-0.2, 0) is 0 Å². The Kier molecular flexibility index (Phi) is 5.58. The molecule has 1 heterocycles. The van der Waals surface area contributed by atoms with Crippen molar-refractivity contribution in [3.8, 4) is 0 Å².